The SMILES string of the molecule is NS(=O)(=O)C1CC(=O)N(c2cc(Br)cc(Br)c2O)C1. The fourth-order valence-corrected chi connectivity index (χ4v) is 3.82. The summed E-state index contributed by atoms with van der Waals surface area (Å²) in [7, 11) is -3.78. The third-order valence-corrected chi connectivity index (χ3v) is 5.16. The van der Waals surface area contributed by atoms with Gasteiger partial charge in [-0.15, -0.1) is 0 Å². The number of carbonyl (C=O) groups excluding carboxylic acids is 1. The van der Waals surface area contributed by atoms with Crippen molar-refractivity contribution in [1.29, 1.82) is 0 Å². The average Bonchev–Trinajstić information content (AvgIpc) is 2.65. The average molecular weight is 414 g/mol. The highest BCUT2D eigenvalue weighted by Gasteiger charge is 2.38. The molecule has 1 aliphatic heterocycles. The fraction of sp³-hybridized carbons (Fsp3) is 0.300. The van der Waals surface area contributed by atoms with Gasteiger partial charge in [0.15, 0.2) is 5.75 Å². The minimum absolute atomic E-state index is 0.0614. The number of aromatic hydroxyl groups is 1. The van der Waals surface area contributed by atoms with E-state index in [2.05, 4.69) is 31.9 Å². The van der Waals surface area contributed by atoms with Gasteiger partial charge in [0.25, 0.3) is 0 Å². The van der Waals surface area contributed by atoms with Crippen LogP contribution in [-0.2, 0) is 14.8 Å². The minimum atomic E-state index is -3.78. The molecule has 0 spiro atoms. The van der Waals surface area contributed by atoms with E-state index in [9.17, 15) is 18.3 Å². The van der Waals surface area contributed by atoms with E-state index in [0.717, 1.165) is 0 Å². The quantitative estimate of drug-likeness (QED) is 0.763. The molecule has 9 heteroatoms. The molecule has 0 radical (unpaired) electrons. The van der Waals surface area contributed by atoms with Gasteiger partial charge in [-0.3, -0.25) is 4.79 Å². The van der Waals surface area contributed by atoms with E-state index >= 15 is 0 Å². The summed E-state index contributed by atoms with van der Waals surface area (Å²) < 4.78 is 23.6. The first-order valence-corrected chi connectivity index (χ1v) is 8.39. The van der Waals surface area contributed by atoms with Crippen molar-refractivity contribution in [3.05, 3.63) is 21.1 Å². The molecule has 1 atom stereocenters. The first-order valence-electron chi connectivity index (χ1n) is 5.20. The van der Waals surface area contributed by atoms with E-state index in [4.69, 9.17) is 5.14 Å². The van der Waals surface area contributed by atoms with E-state index in [-0.39, 0.29) is 30.3 Å². The molecule has 1 aromatic rings. The number of benzene rings is 1. The summed E-state index contributed by atoms with van der Waals surface area (Å²) in [6, 6.07) is 3.17. The van der Waals surface area contributed by atoms with E-state index in [1.165, 1.54) is 4.90 Å². The lowest BCUT2D eigenvalue weighted by molar-refractivity contribution is -0.117. The van der Waals surface area contributed by atoms with Gasteiger partial charge in [-0.05, 0) is 28.1 Å². The normalized spacial score (nSPS) is 20.1. The number of phenolic OH excluding ortho intramolecular Hbond substituents is 1. The van der Waals surface area contributed by atoms with Gasteiger partial charge in [0.05, 0.1) is 10.2 Å². The Bertz CT molecular complexity index is 647. The van der Waals surface area contributed by atoms with Gasteiger partial charge in [0.1, 0.15) is 5.25 Å². The second-order valence-electron chi connectivity index (χ2n) is 4.17. The van der Waals surface area contributed by atoms with E-state index in [1.54, 1.807) is 12.1 Å². The Kier molecular flexibility index (Phi) is 3.92. The molecule has 0 aromatic heterocycles. The summed E-state index contributed by atoms with van der Waals surface area (Å²) >= 11 is 6.40. The van der Waals surface area contributed by atoms with Crippen LogP contribution in [0.15, 0.2) is 21.1 Å². The van der Waals surface area contributed by atoms with Gasteiger partial charge in [-0.2, -0.15) is 0 Å². The molecule has 1 aliphatic rings. The Morgan fingerprint density at radius 3 is 2.53 bits per heavy atom. The van der Waals surface area contributed by atoms with Crippen molar-refractivity contribution in [3.63, 3.8) is 0 Å². The van der Waals surface area contributed by atoms with Crippen LogP contribution < -0.4 is 10.0 Å². The molecule has 2 rings (SSSR count). The lowest BCUT2D eigenvalue weighted by Gasteiger charge is -2.18. The van der Waals surface area contributed by atoms with E-state index in [1.807, 2.05) is 0 Å². The number of halogens is 2. The van der Waals surface area contributed by atoms with Crippen LogP contribution in [-0.4, -0.2) is 31.2 Å². The van der Waals surface area contributed by atoms with Crippen molar-refractivity contribution in [2.24, 2.45) is 5.14 Å². The molecule has 19 heavy (non-hydrogen) atoms. The molecule has 3 N–H and O–H groups in total. The van der Waals surface area contributed by atoms with Crippen molar-refractivity contribution in [3.8, 4) is 5.75 Å². The van der Waals surface area contributed by atoms with Crippen LogP contribution in [0.2, 0.25) is 0 Å². The molecule has 6 nitrogen and oxygen atoms in total. The van der Waals surface area contributed by atoms with Crippen molar-refractivity contribution in [2.75, 3.05) is 11.4 Å². The third kappa shape index (κ3) is 2.93. The van der Waals surface area contributed by atoms with Crippen LogP contribution in [0.4, 0.5) is 5.69 Å². The highest BCUT2D eigenvalue weighted by atomic mass is 79.9. The lowest BCUT2D eigenvalue weighted by atomic mass is 10.2. The standard InChI is InChI=1S/C10H10Br2N2O4S/c11-5-1-7(12)10(16)8(2-5)14-4-6(3-9(14)15)19(13,17)18/h1-2,6,16H,3-4H2,(H2,13,17,18). The number of sulfonamides is 1. The second kappa shape index (κ2) is 5.04. The largest absolute Gasteiger partial charge is 0.505 e. The zero-order valence-corrected chi connectivity index (χ0v) is 13.5. The molecule has 1 heterocycles. The van der Waals surface area contributed by atoms with Crippen LogP contribution in [0, 0.1) is 0 Å². The number of nitrogens with two attached hydrogens (primary N) is 1. The first-order chi connectivity index (χ1) is 8.70. The molecule has 104 valence electrons. The van der Waals surface area contributed by atoms with E-state index < -0.39 is 15.3 Å². The Morgan fingerprint density at radius 1 is 1.37 bits per heavy atom. The summed E-state index contributed by atoms with van der Waals surface area (Å²) in [6.07, 6.45) is -0.178. The molecule has 0 aliphatic carbocycles. The second-order valence-corrected chi connectivity index (χ2v) is 7.79. The van der Waals surface area contributed by atoms with Crippen LogP contribution >= 0.6 is 31.9 Å². The van der Waals surface area contributed by atoms with Crippen LogP contribution in [0.25, 0.3) is 0 Å². The molecule has 0 saturated carbocycles. The van der Waals surface area contributed by atoms with Crippen LogP contribution in [0.1, 0.15) is 6.42 Å². The van der Waals surface area contributed by atoms with Crippen molar-refractivity contribution < 1.29 is 18.3 Å². The zero-order chi connectivity index (χ0) is 14.4. The van der Waals surface area contributed by atoms with Crippen molar-refractivity contribution in [1.82, 2.24) is 0 Å². The highest BCUT2D eigenvalue weighted by Crippen LogP contribution is 2.39. The Balaban J connectivity index is 2.41. The smallest absolute Gasteiger partial charge is 0.228 e. The van der Waals surface area contributed by atoms with Crippen LogP contribution in [0.5, 0.6) is 5.75 Å². The fourth-order valence-electron chi connectivity index (χ4n) is 1.89. The number of nitrogens with zero attached hydrogens (tertiary/aromatic N) is 1. The van der Waals surface area contributed by atoms with Gasteiger partial charge in [0, 0.05) is 17.4 Å². The van der Waals surface area contributed by atoms with Gasteiger partial charge in [-0.25, -0.2) is 13.6 Å². The highest BCUT2D eigenvalue weighted by molar-refractivity contribution is 9.11. The number of carbonyl (C=O) groups is 1. The van der Waals surface area contributed by atoms with Crippen molar-refractivity contribution >= 4 is 53.5 Å². The van der Waals surface area contributed by atoms with Gasteiger partial charge in [-0.1, -0.05) is 15.9 Å². The predicted molar refractivity (Wildman–Crippen MR) is 77.4 cm³/mol. The number of hydrogen-bond acceptors (Lipinski definition) is 4. The van der Waals surface area contributed by atoms with Gasteiger partial charge >= 0.3 is 0 Å². The van der Waals surface area contributed by atoms with E-state index in [0.29, 0.717) is 8.95 Å². The zero-order valence-electron chi connectivity index (χ0n) is 9.51. The summed E-state index contributed by atoms with van der Waals surface area (Å²) in [6.45, 7) is -0.0614. The molecule has 0 bridgehead atoms. The number of rotatable bonds is 2. The maximum absolute atomic E-state index is 11.9. The molecule has 1 aromatic carbocycles. The van der Waals surface area contributed by atoms with Crippen LogP contribution in [0.3, 0.4) is 0 Å². The molecule has 1 fully saturated rings. The summed E-state index contributed by atoms with van der Waals surface area (Å²) in [5.41, 5.74) is 0.248. The number of amides is 1. The summed E-state index contributed by atoms with van der Waals surface area (Å²) in [5.74, 6) is -0.508. The molecule has 1 saturated heterocycles. The monoisotopic (exact) mass is 412 g/mol. The maximum atomic E-state index is 11.9. The summed E-state index contributed by atoms with van der Waals surface area (Å²) in [4.78, 5) is 13.1. The van der Waals surface area contributed by atoms with Gasteiger partial charge in [0.2, 0.25) is 15.9 Å². The number of primary sulfonamides is 1. The number of hydrogen-bond donors (Lipinski definition) is 2. The number of anilines is 1. The molecular weight excluding hydrogens is 404 g/mol. The minimum Gasteiger partial charge on any atom is -0.505 e. The Hall–Kier alpha value is -0.640. The Labute approximate surface area is 126 Å². The first kappa shape index (κ1) is 14.8. The molecular formula is C10H10Br2N2O4S. The summed E-state index contributed by atoms with van der Waals surface area (Å²) in [5, 5.41) is 14.1. The lowest BCUT2D eigenvalue weighted by Crippen LogP contribution is -2.32. The molecule has 1 amide bonds. The van der Waals surface area contributed by atoms with Gasteiger partial charge < -0.3 is 10.0 Å². The predicted octanol–water partition coefficient (Wildman–Crippen LogP) is 1.31. The molecule has 1 unspecified atom stereocenters. The van der Waals surface area contributed by atoms with Crippen molar-refractivity contribution in [2.45, 2.75) is 11.7 Å². The Morgan fingerprint density at radius 2 is 2.00 bits per heavy atom. The third-order valence-electron chi connectivity index (χ3n) is 2.85. The maximum Gasteiger partial charge on any atom is 0.228 e. The topological polar surface area (TPSA) is 101 Å². The number of phenols is 1.